The number of urea groups is 1. The van der Waals surface area contributed by atoms with E-state index >= 15 is 0 Å². The Labute approximate surface area is 83.4 Å². The Kier molecular flexibility index (Phi) is 3.53. The fourth-order valence-electron chi connectivity index (χ4n) is 1.27. The number of amides is 2. The van der Waals surface area contributed by atoms with E-state index in [0.29, 0.717) is 13.1 Å². The third kappa shape index (κ3) is 1.92. The molecule has 1 aliphatic heterocycles. The zero-order valence-electron chi connectivity index (χ0n) is 8.63. The fourth-order valence-corrected chi connectivity index (χ4v) is 2.79. The van der Waals surface area contributed by atoms with Crippen LogP contribution < -0.4 is 0 Å². The van der Waals surface area contributed by atoms with E-state index in [1.165, 1.54) is 16.7 Å². The number of nitrogens with zero attached hydrogens (tertiary/aromatic N) is 2. The van der Waals surface area contributed by atoms with Crippen LogP contribution in [0.5, 0.6) is 0 Å². The number of aliphatic hydroxyl groups is 1. The highest BCUT2D eigenvalue weighted by Crippen LogP contribution is 2.50. The van der Waals surface area contributed by atoms with Crippen LogP contribution in [0.2, 0.25) is 0 Å². The molecule has 0 saturated carbocycles. The molecule has 1 N–H and O–H groups in total. The van der Waals surface area contributed by atoms with Gasteiger partial charge in [0.1, 0.15) is 7.11 Å². The molecule has 1 rings (SSSR count). The van der Waals surface area contributed by atoms with Crippen LogP contribution in [0.4, 0.5) is 4.79 Å². The van der Waals surface area contributed by atoms with E-state index < -0.39 is 7.75 Å². The Morgan fingerprint density at radius 1 is 1.57 bits per heavy atom. The van der Waals surface area contributed by atoms with Crippen molar-refractivity contribution in [1.29, 1.82) is 0 Å². The largest absolute Gasteiger partial charge is 0.593 e. The van der Waals surface area contributed by atoms with Gasteiger partial charge in [-0.15, -0.1) is 0 Å². The molecule has 1 heterocycles. The van der Waals surface area contributed by atoms with Crippen molar-refractivity contribution < 1.29 is 18.4 Å². The third-order valence-corrected chi connectivity index (χ3v) is 4.13. The van der Waals surface area contributed by atoms with Crippen LogP contribution in [0.1, 0.15) is 6.92 Å². The number of hydrogen-bond donors (Lipinski definition) is 0. The lowest BCUT2D eigenvalue weighted by Gasteiger charge is -2.19. The summed E-state index contributed by atoms with van der Waals surface area (Å²) in [6.45, 7) is 2.97. The van der Waals surface area contributed by atoms with E-state index in [0.717, 1.165) is 0 Å². The average molecular weight is 223 g/mol. The molecule has 2 amide bonds. The molecule has 0 radical (unpaired) electrons. The van der Waals surface area contributed by atoms with Crippen molar-refractivity contribution in [2.24, 2.45) is 0 Å². The minimum Gasteiger partial charge on any atom is -0.364 e. The quantitative estimate of drug-likeness (QED) is 0.519. The summed E-state index contributed by atoms with van der Waals surface area (Å²) in [5.41, 5.74) is 0. The molecule has 0 spiro atoms. The maximum absolute atomic E-state index is 12.0. The van der Waals surface area contributed by atoms with Crippen LogP contribution >= 0.6 is 7.75 Å². The molecule has 1 unspecified atom stereocenters. The van der Waals surface area contributed by atoms with Crippen molar-refractivity contribution in [3.8, 4) is 0 Å². The first kappa shape index (κ1) is 11.5. The zero-order chi connectivity index (χ0) is 10.8. The number of hydrogen-bond acceptors (Lipinski definition) is 3. The van der Waals surface area contributed by atoms with Crippen molar-refractivity contribution in [1.82, 2.24) is 9.57 Å². The molecule has 1 aliphatic rings. The normalized spacial score (nSPS) is 21.5. The maximum Gasteiger partial charge on any atom is 0.593 e. The molecular formula is C7H16N2O4P+. The highest BCUT2D eigenvalue weighted by atomic mass is 31.2. The second kappa shape index (κ2) is 4.29. The molecule has 6 nitrogen and oxygen atoms in total. The highest BCUT2D eigenvalue weighted by molar-refractivity contribution is 7.51. The molecule has 82 valence electrons. The third-order valence-electron chi connectivity index (χ3n) is 2.05. The van der Waals surface area contributed by atoms with Gasteiger partial charge in [0, 0.05) is 13.6 Å². The predicted octanol–water partition coefficient (Wildman–Crippen LogP) is 0.656. The molecule has 7 heteroatoms. The van der Waals surface area contributed by atoms with Crippen LogP contribution in [-0.2, 0) is 9.09 Å². The van der Waals surface area contributed by atoms with E-state index in [1.807, 2.05) is 0 Å². The summed E-state index contributed by atoms with van der Waals surface area (Å²) in [7, 11) is -0.208. The van der Waals surface area contributed by atoms with E-state index in [-0.39, 0.29) is 12.6 Å². The molecule has 1 atom stereocenters. The number of carbonyl (C=O) groups excluding carboxylic acids is 1. The smallest absolute Gasteiger partial charge is 0.364 e. The topological polar surface area (TPSA) is 62.7 Å². The molecule has 1 fully saturated rings. The summed E-state index contributed by atoms with van der Waals surface area (Å²) in [6.07, 6.45) is 0. The second-order valence-corrected chi connectivity index (χ2v) is 5.06. The van der Waals surface area contributed by atoms with Crippen molar-refractivity contribution in [3.05, 3.63) is 0 Å². The molecule has 0 aromatic rings. The van der Waals surface area contributed by atoms with Gasteiger partial charge in [0.2, 0.25) is 0 Å². The monoisotopic (exact) mass is 223 g/mol. The first-order chi connectivity index (χ1) is 6.55. The first-order valence-corrected chi connectivity index (χ1v) is 5.97. The number of rotatable bonds is 4. The van der Waals surface area contributed by atoms with Crippen LogP contribution in [0, 0.1) is 0 Å². The lowest BCUT2D eigenvalue weighted by Crippen LogP contribution is -2.29. The minimum atomic E-state index is -3.27. The predicted molar refractivity (Wildman–Crippen MR) is 52.1 cm³/mol. The van der Waals surface area contributed by atoms with E-state index in [1.54, 1.807) is 14.0 Å². The van der Waals surface area contributed by atoms with Crippen LogP contribution in [0.25, 0.3) is 0 Å². The first-order valence-electron chi connectivity index (χ1n) is 4.44. The van der Waals surface area contributed by atoms with Crippen molar-refractivity contribution >= 4 is 13.8 Å². The van der Waals surface area contributed by atoms with Crippen molar-refractivity contribution in [2.75, 3.05) is 33.9 Å². The lowest BCUT2D eigenvalue weighted by atomic mass is 10.7. The van der Waals surface area contributed by atoms with Crippen molar-refractivity contribution in [3.63, 3.8) is 0 Å². The van der Waals surface area contributed by atoms with Gasteiger partial charge in [-0.25, -0.2) is 4.79 Å². The average Bonchev–Trinajstić information content (AvgIpc) is 2.48. The van der Waals surface area contributed by atoms with Gasteiger partial charge in [-0.1, -0.05) is 0 Å². The van der Waals surface area contributed by atoms with Gasteiger partial charge in [0.15, 0.2) is 0 Å². The maximum atomic E-state index is 12.0. The zero-order valence-corrected chi connectivity index (χ0v) is 9.53. The van der Waals surface area contributed by atoms with E-state index in [9.17, 15) is 9.36 Å². The molecular weight excluding hydrogens is 207 g/mol. The summed E-state index contributed by atoms with van der Waals surface area (Å²) in [5, 5.41) is 0. The van der Waals surface area contributed by atoms with Gasteiger partial charge >= 0.3 is 13.8 Å². The molecule has 0 aliphatic carbocycles. The molecule has 1 saturated heterocycles. The van der Waals surface area contributed by atoms with Gasteiger partial charge < -0.3 is 9.42 Å². The van der Waals surface area contributed by atoms with Crippen LogP contribution in [0.3, 0.4) is 0 Å². The molecule has 0 bridgehead atoms. The number of likely N-dealkylation sites (N-methyl/N-ethyl adjacent to an activating group) is 1. The summed E-state index contributed by atoms with van der Waals surface area (Å²) in [5.74, 6) is 0. The summed E-state index contributed by atoms with van der Waals surface area (Å²) >= 11 is 0. The molecule has 0 aromatic carbocycles. The Bertz CT molecular complexity index is 270. The van der Waals surface area contributed by atoms with Gasteiger partial charge in [-0.2, -0.15) is 9.24 Å². The van der Waals surface area contributed by atoms with E-state index in [2.05, 4.69) is 4.52 Å². The Morgan fingerprint density at radius 2 is 2.21 bits per heavy atom. The summed E-state index contributed by atoms with van der Waals surface area (Å²) < 4.78 is 22.0. The van der Waals surface area contributed by atoms with Gasteiger partial charge in [-0.3, -0.25) is 4.52 Å². The summed E-state index contributed by atoms with van der Waals surface area (Å²) in [4.78, 5) is 13.0. The van der Waals surface area contributed by atoms with Crippen LogP contribution in [0.15, 0.2) is 0 Å². The van der Waals surface area contributed by atoms with Crippen molar-refractivity contribution in [2.45, 2.75) is 6.92 Å². The Morgan fingerprint density at radius 3 is 2.57 bits per heavy atom. The van der Waals surface area contributed by atoms with Crippen LogP contribution in [-0.4, -0.2) is 54.0 Å². The van der Waals surface area contributed by atoms with E-state index in [4.69, 9.17) is 4.52 Å². The fraction of sp³-hybridized carbons (Fsp3) is 0.857. The number of carbonyl (C=O) groups is 1. The Balaban J connectivity index is 2.80. The van der Waals surface area contributed by atoms with Gasteiger partial charge in [-0.05, 0) is 6.92 Å². The second-order valence-electron chi connectivity index (χ2n) is 2.94. The highest BCUT2D eigenvalue weighted by Gasteiger charge is 2.47. The molecule has 0 aromatic heterocycles. The molecule has 14 heavy (non-hydrogen) atoms. The lowest BCUT2D eigenvalue weighted by molar-refractivity contribution is 0.111. The summed E-state index contributed by atoms with van der Waals surface area (Å²) in [6, 6.07) is -0.285. The van der Waals surface area contributed by atoms with Gasteiger partial charge in [0.25, 0.3) is 0 Å². The SMILES string of the molecule is CCOP(=O)([OH+]C)N1CCN(C)C1=O. The van der Waals surface area contributed by atoms with Gasteiger partial charge in [0.05, 0.1) is 13.2 Å². The minimum absolute atomic E-state index is 0.280. The standard InChI is InChI=1S/C7H15N2O4P/c1-4-13-14(11,12-3)9-6-5-8(2)7(9)10/h4-6H2,1-3H3/p+1. The Hall–Kier alpha value is -0.580.